The molecule has 2 aliphatic rings. The molecule has 3 aromatic rings. The molecule has 0 aliphatic carbocycles. The Balaban J connectivity index is 1.34. The van der Waals surface area contributed by atoms with Crippen LogP contribution in [0.1, 0.15) is 63.4 Å². The van der Waals surface area contributed by atoms with E-state index in [-0.39, 0.29) is 11.5 Å². The number of benzene rings is 2. The number of amides is 1. The summed E-state index contributed by atoms with van der Waals surface area (Å²) in [7, 11) is -3.61. The van der Waals surface area contributed by atoms with Gasteiger partial charge in [-0.2, -0.15) is 4.31 Å². The summed E-state index contributed by atoms with van der Waals surface area (Å²) in [5.74, 6) is -0.519. The van der Waals surface area contributed by atoms with Crippen molar-refractivity contribution in [1.82, 2.24) is 9.21 Å². The second-order valence-corrected chi connectivity index (χ2v) is 13.5. The molecular weight excluding hydrogens is 546 g/mol. The van der Waals surface area contributed by atoms with Gasteiger partial charge >= 0.3 is 5.97 Å². The molecule has 1 atom stereocenters. The van der Waals surface area contributed by atoms with E-state index in [1.807, 2.05) is 18.2 Å². The molecule has 1 fully saturated rings. The molecule has 1 N–H and O–H groups in total. The predicted octanol–water partition coefficient (Wildman–Crippen LogP) is 5.16. The van der Waals surface area contributed by atoms with Crippen LogP contribution in [-0.2, 0) is 34.3 Å². The minimum Gasteiger partial charge on any atom is -0.462 e. The number of nitrogens with one attached hydrogen (secondary N) is 1. The number of carbonyl (C=O) groups excluding carboxylic acids is 2. The molecule has 2 aromatic carbocycles. The highest BCUT2D eigenvalue weighted by Gasteiger charge is 2.31. The molecule has 1 unspecified atom stereocenters. The Hall–Kier alpha value is -3.05. The lowest BCUT2D eigenvalue weighted by atomic mass is 10.0. The smallest absolute Gasteiger partial charge is 0.341 e. The van der Waals surface area contributed by atoms with Crippen LogP contribution >= 0.6 is 11.3 Å². The molecule has 10 heteroatoms. The number of carbonyl (C=O) groups is 2. The van der Waals surface area contributed by atoms with E-state index >= 15 is 0 Å². The number of fused-ring (bicyclic) bond motifs is 1. The summed E-state index contributed by atoms with van der Waals surface area (Å²) in [5.41, 5.74) is 2.90. The van der Waals surface area contributed by atoms with Crippen LogP contribution in [-0.4, -0.2) is 55.7 Å². The normalized spacial score (nSPS) is 18.2. The number of esters is 1. The minimum atomic E-state index is -3.61. The molecule has 0 saturated carbocycles. The highest BCUT2D eigenvalue weighted by atomic mass is 32.2. The van der Waals surface area contributed by atoms with Crippen LogP contribution < -0.4 is 5.32 Å². The number of rotatable bonds is 8. The molecule has 8 nitrogen and oxygen atoms in total. The average molecular weight is 582 g/mol. The van der Waals surface area contributed by atoms with Crippen molar-refractivity contribution in [3.05, 3.63) is 81.7 Å². The lowest BCUT2D eigenvalue weighted by Crippen LogP contribution is -2.39. The van der Waals surface area contributed by atoms with Gasteiger partial charge in [-0.3, -0.25) is 9.69 Å². The zero-order chi connectivity index (χ0) is 28.3. The first kappa shape index (κ1) is 28.5. The van der Waals surface area contributed by atoms with E-state index in [0.717, 1.165) is 36.4 Å². The number of ether oxygens (including phenoxy) is 1. The van der Waals surface area contributed by atoms with Crippen molar-refractivity contribution in [3.8, 4) is 0 Å². The molecule has 0 radical (unpaired) electrons. The van der Waals surface area contributed by atoms with Crippen LogP contribution in [0.2, 0.25) is 0 Å². The minimum absolute atomic E-state index is 0.176. The summed E-state index contributed by atoms with van der Waals surface area (Å²) < 4.78 is 33.1. The molecule has 212 valence electrons. The Morgan fingerprint density at radius 3 is 2.52 bits per heavy atom. The summed E-state index contributed by atoms with van der Waals surface area (Å²) >= 11 is 1.40. The number of hydrogen-bond acceptors (Lipinski definition) is 7. The van der Waals surface area contributed by atoms with E-state index in [9.17, 15) is 18.0 Å². The van der Waals surface area contributed by atoms with Crippen LogP contribution in [0.4, 0.5) is 5.00 Å². The standard InChI is InChI=1S/C30H35N3O5S2/c1-3-38-30(35)27-25-15-17-32(19-22-9-5-4-6-10-22)20-26(25)39-29(27)31-28(34)23-11-13-24(14-12-23)40(36,37)33-16-7-8-21(2)18-33/h4-6,9-14,21H,3,7-8,15-20H2,1-2H3,(H,31,34). The van der Waals surface area contributed by atoms with Crippen LogP contribution in [0.15, 0.2) is 59.5 Å². The zero-order valence-corrected chi connectivity index (χ0v) is 24.5. The maximum absolute atomic E-state index is 13.2. The van der Waals surface area contributed by atoms with Gasteiger partial charge in [0, 0.05) is 43.2 Å². The van der Waals surface area contributed by atoms with E-state index < -0.39 is 21.9 Å². The highest BCUT2D eigenvalue weighted by Crippen LogP contribution is 2.38. The van der Waals surface area contributed by atoms with Gasteiger partial charge in [0.2, 0.25) is 10.0 Å². The average Bonchev–Trinajstić information content (AvgIpc) is 3.31. The number of thiophene rings is 1. The number of nitrogens with zero attached hydrogens (tertiary/aromatic N) is 2. The van der Waals surface area contributed by atoms with Gasteiger partial charge in [-0.15, -0.1) is 11.3 Å². The van der Waals surface area contributed by atoms with Gasteiger partial charge in [-0.25, -0.2) is 13.2 Å². The van der Waals surface area contributed by atoms with E-state index in [2.05, 4.69) is 29.3 Å². The molecule has 1 saturated heterocycles. The molecular formula is C30H35N3O5S2. The third kappa shape index (κ3) is 6.15. The SMILES string of the molecule is CCOC(=O)c1c(NC(=O)c2ccc(S(=O)(=O)N3CCCC(C)C3)cc2)sc2c1CCN(Cc1ccccc1)C2. The Labute approximate surface area is 240 Å². The topological polar surface area (TPSA) is 96.0 Å². The summed E-state index contributed by atoms with van der Waals surface area (Å²) in [5, 5.41) is 3.38. The maximum Gasteiger partial charge on any atom is 0.341 e. The highest BCUT2D eigenvalue weighted by molar-refractivity contribution is 7.89. The summed E-state index contributed by atoms with van der Waals surface area (Å²) in [6.07, 6.45) is 2.55. The van der Waals surface area contributed by atoms with E-state index in [4.69, 9.17) is 4.74 Å². The van der Waals surface area contributed by atoms with Crippen molar-refractivity contribution in [2.24, 2.45) is 5.92 Å². The second-order valence-electron chi connectivity index (χ2n) is 10.5. The summed E-state index contributed by atoms with van der Waals surface area (Å²) in [6.45, 7) is 7.36. The first-order valence-corrected chi connectivity index (χ1v) is 16.0. The molecule has 0 bridgehead atoms. The number of piperidine rings is 1. The Bertz CT molecular complexity index is 1470. The third-order valence-corrected chi connectivity index (χ3v) is 10.5. The van der Waals surface area contributed by atoms with Gasteiger partial charge in [0.25, 0.3) is 5.91 Å². The quantitative estimate of drug-likeness (QED) is 0.370. The van der Waals surface area contributed by atoms with Crippen LogP contribution in [0, 0.1) is 5.92 Å². The molecule has 2 aliphatic heterocycles. The van der Waals surface area contributed by atoms with Gasteiger partial charge in [0.1, 0.15) is 5.00 Å². The van der Waals surface area contributed by atoms with Crippen LogP contribution in [0.3, 0.4) is 0 Å². The molecule has 40 heavy (non-hydrogen) atoms. The van der Waals surface area contributed by atoms with E-state index in [1.165, 1.54) is 45.5 Å². The Morgan fingerprint density at radius 2 is 1.82 bits per heavy atom. The number of anilines is 1. The Morgan fingerprint density at radius 1 is 1.07 bits per heavy atom. The first-order chi connectivity index (χ1) is 19.3. The lowest BCUT2D eigenvalue weighted by Gasteiger charge is -2.30. The molecule has 5 rings (SSSR count). The second kappa shape index (κ2) is 12.2. The predicted molar refractivity (Wildman–Crippen MR) is 156 cm³/mol. The molecule has 3 heterocycles. The first-order valence-electron chi connectivity index (χ1n) is 13.8. The largest absolute Gasteiger partial charge is 0.462 e. The van der Waals surface area contributed by atoms with Crippen LogP contribution in [0.5, 0.6) is 0 Å². The zero-order valence-electron chi connectivity index (χ0n) is 22.9. The fourth-order valence-electron chi connectivity index (χ4n) is 5.41. The lowest BCUT2D eigenvalue weighted by molar-refractivity contribution is 0.0526. The van der Waals surface area contributed by atoms with Crippen molar-refractivity contribution in [1.29, 1.82) is 0 Å². The number of sulfonamides is 1. The van der Waals surface area contributed by atoms with Crippen molar-refractivity contribution in [3.63, 3.8) is 0 Å². The fourth-order valence-corrected chi connectivity index (χ4v) is 8.28. The van der Waals surface area contributed by atoms with Crippen molar-refractivity contribution < 1.29 is 22.7 Å². The van der Waals surface area contributed by atoms with Crippen molar-refractivity contribution in [2.45, 2.75) is 51.1 Å². The van der Waals surface area contributed by atoms with Gasteiger partial charge in [0.05, 0.1) is 17.1 Å². The third-order valence-electron chi connectivity index (χ3n) is 7.47. The van der Waals surface area contributed by atoms with Gasteiger partial charge < -0.3 is 10.1 Å². The van der Waals surface area contributed by atoms with Crippen molar-refractivity contribution >= 4 is 38.2 Å². The van der Waals surface area contributed by atoms with Crippen LogP contribution in [0.25, 0.3) is 0 Å². The maximum atomic E-state index is 13.2. The van der Waals surface area contributed by atoms with Gasteiger partial charge in [0.15, 0.2) is 0 Å². The fraction of sp³-hybridized carbons (Fsp3) is 0.400. The van der Waals surface area contributed by atoms with E-state index in [1.54, 1.807) is 6.92 Å². The number of hydrogen-bond donors (Lipinski definition) is 1. The summed E-state index contributed by atoms with van der Waals surface area (Å²) in [6, 6.07) is 16.3. The molecule has 0 spiro atoms. The van der Waals surface area contributed by atoms with Crippen molar-refractivity contribution in [2.75, 3.05) is 31.6 Å². The molecule has 1 amide bonds. The van der Waals surface area contributed by atoms with Gasteiger partial charge in [-0.05, 0) is 67.5 Å². The van der Waals surface area contributed by atoms with E-state index in [0.29, 0.717) is 48.1 Å². The van der Waals surface area contributed by atoms with Gasteiger partial charge in [-0.1, -0.05) is 37.3 Å². The summed E-state index contributed by atoms with van der Waals surface area (Å²) in [4.78, 5) is 29.8. The molecule has 1 aromatic heterocycles. The Kier molecular flexibility index (Phi) is 8.70. The monoisotopic (exact) mass is 581 g/mol.